The molecule has 1 aliphatic rings. The van der Waals surface area contributed by atoms with Crippen molar-refractivity contribution in [1.82, 2.24) is 5.32 Å². The second kappa shape index (κ2) is 5.53. The van der Waals surface area contributed by atoms with Gasteiger partial charge in [-0.25, -0.2) is 0 Å². The highest BCUT2D eigenvalue weighted by Crippen LogP contribution is 2.39. The van der Waals surface area contributed by atoms with Gasteiger partial charge in [-0.2, -0.15) is 0 Å². The minimum atomic E-state index is -0.158. The number of amides is 2. The van der Waals surface area contributed by atoms with Crippen molar-refractivity contribution in [2.24, 2.45) is 11.8 Å². The molecule has 0 radical (unpaired) electrons. The average Bonchev–Trinajstić information content (AvgIpc) is 2.68. The quantitative estimate of drug-likeness (QED) is 0.865. The number of piperidine rings is 1. The van der Waals surface area contributed by atoms with Crippen molar-refractivity contribution in [3.8, 4) is 0 Å². The molecule has 3 nitrogen and oxygen atoms in total. The molecular formula is C13H16BrNO2S. The molecule has 2 unspecified atom stereocenters. The van der Waals surface area contributed by atoms with Gasteiger partial charge in [-0.15, -0.1) is 11.3 Å². The topological polar surface area (TPSA) is 46.2 Å². The molecule has 1 saturated heterocycles. The molecule has 2 atom stereocenters. The molecule has 0 aromatic carbocycles. The maximum absolute atomic E-state index is 12.0. The number of hydrogen-bond acceptors (Lipinski definition) is 3. The van der Waals surface area contributed by atoms with Crippen LogP contribution in [0.2, 0.25) is 0 Å². The summed E-state index contributed by atoms with van der Waals surface area (Å²) < 4.78 is 1.04. The summed E-state index contributed by atoms with van der Waals surface area (Å²) in [5.74, 6) is 0.113. The van der Waals surface area contributed by atoms with E-state index in [0.29, 0.717) is 12.3 Å². The van der Waals surface area contributed by atoms with E-state index in [0.717, 1.165) is 15.1 Å². The first-order valence-corrected chi connectivity index (χ1v) is 7.67. The molecule has 1 N–H and O–H groups in total. The summed E-state index contributed by atoms with van der Waals surface area (Å²) in [6, 6.07) is 3.99. The number of carbonyl (C=O) groups excluding carboxylic acids is 2. The number of imide groups is 1. The Morgan fingerprint density at radius 1 is 1.44 bits per heavy atom. The van der Waals surface area contributed by atoms with E-state index in [1.54, 1.807) is 11.3 Å². The molecule has 1 aliphatic heterocycles. The van der Waals surface area contributed by atoms with Crippen molar-refractivity contribution in [2.75, 3.05) is 0 Å². The summed E-state index contributed by atoms with van der Waals surface area (Å²) in [6.07, 6.45) is 1.23. The monoisotopic (exact) mass is 329 g/mol. The van der Waals surface area contributed by atoms with E-state index in [1.165, 1.54) is 0 Å². The van der Waals surface area contributed by atoms with Crippen LogP contribution in [-0.4, -0.2) is 11.8 Å². The minimum Gasteiger partial charge on any atom is -0.296 e. The fourth-order valence-corrected chi connectivity index (χ4v) is 4.00. The van der Waals surface area contributed by atoms with E-state index < -0.39 is 0 Å². The lowest BCUT2D eigenvalue weighted by Crippen LogP contribution is -2.45. The first-order chi connectivity index (χ1) is 8.47. The van der Waals surface area contributed by atoms with Gasteiger partial charge >= 0.3 is 0 Å². The Hall–Kier alpha value is -0.680. The van der Waals surface area contributed by atoms with Gasteiger partial charge < -0.3 is 0 Å². The Labute approximate surface area is 119 Å². The SMILES string of the molecule is CC(C)CC1C(=O)NC(=O)CC1c1ccc(Br)s1. The lowest BCUT2D eigenvalue weighted by Gasteiger charge is -2.30. The van der Waals surface area contributed by atoms with Gasteiger partial charge in [0, 0.05) is 23.1 Å². The van der Waals surface area contributed by atoms with Crippen LogP contribution in [-0.2, 0) is 9.59 Å². The van der Waals surface area contributed by atoms with Crippen molar-refractivity contribution >= 4 is 39.1 Å². The highest BCUT2D eigenvalue weighted by Gasteiger charge is 2.37. The third kappa shape index (κ3) is 3.01. The van der Waals surface area contributed by atoms with E-state index in [-0.39, 0.29) is 23.7 Å². The fraction of sp³-hybridized carbons (Fsp3) is 0.538. The lowest BCUT2D eigenvalue weighted by atomic mass is 9.79. The zero-order chi connectivity index (χ0) is 13.3. The van der Waals surface area contributed by atoms with Gasteiger partial charge in [0.05, 0.1) is 3.79 Å². The number of rotatable bonds is 3. The molecule has 2 amide bonds. The molecule has 2 heterocycles. The van der Waals surface area contributed by atoms with Gasteiger partial charge in [-0.3, -0.25) is 14.9 Å². The molecule has 0 bridgehead atoms. The van der Waals surface area contributed by atoms with E-state index in [2.05, 4.69) is 35.1 Å². The van der Waals surface area contributed by atoms with Crippen molar-refractivity contribution in [3.63, 3.8) is 0 Å². The third-order valence-electron chi connectivity index (χ3n) is 3.18. The van der Waals surface area contributed by atoms with Crippen LogP contribution >= 0.6 is 27.3 Å². The van der Waals surface area contributed by atoms with Crippen LogP contribution < -0.4 is 5.32 Å². The molecule has 98 valence electrons. The molecule has 1 fully saturated rings. The predicted molar refractivity (Wildman–Crippen MR) is 75.5 cm³/mol. The molecular weight excluding hydrogens is 314 g/mol. The van der Waals surface area contributed by atoms with Crippen LogP contribution in [0.5, 0.6) is 0 Å². The van der Waals surface area contributed by atoms with Gasteiger partial charge in [0.15, 0.2) is 0 Å². The zero-order valence-corrected chi connectivity index (χ0v) is 12.8. The Morgan fingerprint density at radius 3 is 2.72 bits per heavy atom. The van der Waals surface area contributed by atoms with E-state index >= 15 is 0 Å². The highest BCUT2D eigenvalue weighted by atomic mass is 79.9. The maximum Gasteiger partial charge on any atom is 0.230 e. The zero-order valence-electron chi connectivity index (χ0n) is 10.4. The minimum absolute atomic E-state index is 0.0324. The fourth-order valence-electron chi connectivity index (χ4n) is 2.41. The van der Waals surface area contributed by atoms with Gasteiger partial charge in [0.1, 0.15) is 0 Å². The molecule has 0 saturated carbocycles. The molecule has 18 heavy (non-hydrogen) atoms. The van der Waals surface area contributed by atoms with Crippen LogP contribution in [0.1, 0.15) is 37.5 Å². The van der Waals surface area contributed by atoms with Gasteiger partial charge in [0.25, 0.3) is 0 Å². The van der Waals surface area contributed by atoms with Gasteiger partial charge in [-0.1, -0.05) is 13.8 Å². The summed E-state index contributed by atoms with van der Waals surface area (Å²) in [5.41, 5.74) is 0. The van der Waals surface area contributed by atoms with E-state index in [1.807, 2.05) is 12.1 Å². The summed E-state index contributed by atoms with van der Waals surface area (Å²) in [5, 5.41) is 2.46. The Bertz CT molecular complexity index is 469. The average molecular weight is 330 g/mol. The lowest BCUT2D eigenvalue weighted by molar-refractivity contribution is -0.137. The molecule has 1 aromatic rings. The highest BCUT2D eigenvalue weighted by molar-refractivity contribution is 9.11. The first-order valence-electron chi connectivity index (χ1n) is 6.06. The van der Waals surface area contributed by atoms with Crippen LogP contribution in [0.4, 0.5) is 0 Å². The van der Waals surface area contributed by atoms with Gasteiger partial charge in [0.2, 0.25) is 11.8 Å². The van der Waals surface area contributed by atoms with Crippen molar-refractivity contribution in [2.45, 2.75) is 32.6 Å². The number of nitrogens with one attached hydrogen (secondary N) is 1. The molecule has 2 rings (SSSR count). The Kier molecular flexibility index (Phi) is 4.22. The molecule has 0 spiro atoms. The van der Waals surface area contributed by atoms with Crippen LogP contribution in [0.15, 0.2) is 15.9 Å². The molecule has 1 aromatic heterocycles. The van der Waals surface area contributed by atoms with Crippen LogP contribution in [0.3, 0.4) is 0 Å². The summed E-state index contributed by atoms with van der Waals surface area (Å²) >= 11 is 5.05. The smallest absolute Gasteiger partial charge is 0.230 e. The molecule has 5 heteroatoms. The van der Waals surface area contributed by atoms with E-state index in [9.17, 15) is 9.59 Å². The third-order valence-corrected chi connectivity index (χ3v) is 4.93. The second-order valence-corrected chi connectivity index (χ2v) is 7.60. The van der Waals surface area contributed by atoms with Crippen LogP contribution in [0, 0.1) is 11.8 Å². The normalized spacial score (nSPS) is 24.4. The van der Waals surface area contributed by atoms with Crippen molar-refractivity contribution < 1.29 is 9.59 Å². The number of halogens is 1. The number of hydrogen-bond donors (Lipinski definition) is 1. The van der Waals surface area contributed by atoms with Crippen molar-refractivity contribution in [3.05, 3.63) is 20.8 Å². The largest absolute Gasteiger partial charge is 0.296 e. The number of thiophene rings is 1. The molecule has 0 aliphatic carbocycles. The predicted octanol–water partition coefficient (Wildman–Crippen LogP) is 3.30. The summed E-state index contributed by atoms with van der Waals surface area (Å²) in [7, 11) is 0. The first kappa shape index (κ1) is 13.7. The number of carbonyl (C=O) groups is 2. The summed E-state index contributed by atoms with van der Waals surface area (Å²) in [6.45, 7) is 4.20. The Balaban J connectivity index is 2.27. The summed E-state index contributed by atoms with van der Waals surface area (Å²) in [4.78, 5) is 24.7. The van der Waals surface area contributed by atoms with Crippen molar-refractivity contribution in [1.29, 1.82) is 0 Å². The van der Waals surface area contributed by atoms with Gasteiger partial charge in [-0.05, 0) is 40.4 Å². The van der Waals surface area contributed by atoms with E-state index in [4.69, 9.17) is 0 Å². The maximum atomic E-state index is 12.0. The second-order valence-electron chi connectivity index (χ2n) is 5.10. The standard InChI is InChI=1S/C13H16BrNO2S/c1-7(2)5-9-8(6-12(16)15-13(9)17)10-3-4-11(14)18-10/h3-4,7-9H,5-6H2,1-2H3,(H,15,16,17). The van der Waals surface area contributed by atoms with Crippen LogP contribution in [0.25, 0.3) is 0 Å². The Morgan fingerprint density at radius 2 is 2.17 bits per heavy atom.